The Morgan fingerprint density at radius 1 is 1.45 bits per heavy atom. The molecule has 1 saturated heterocycles. The third kappa shape index (κ3) is 3.91. The van der Waals surface area contributed by atoms with Crippen molar-refractivity contribution in [2.24, 2.45) is 0 Å². The normalized spacial score (nSPS) is 23.9. The minimum Gasteiger partial charge on any atom is -0.394 e. The van der Waals surface area contributed by atoms with Crippen molar-refractivity contribution < 1.29 is 9.84 Å². The summed E-state index contributed by atoms with van der Waals surface area (Å²) in [6.07, 6.45) is 4.09. The van der Waals surface area contributed by atoms with Gasteiger partial charge in [0.25, 0.3) is 0 Å². The summed E-state index contributed by atoms with van der Waals surface area (Å²) >= 11 is 0. The lowest BCUT2D eigenvalue weighted by Gasteiger charge is -2.36. The van der Waals surface area contributed by atoms with E-state index in [1.165, 1.54) is 0 Å². The van der Waals surface area contributed by atoms with Crippen molar-refractivity contribution in [1.29, 1.82) is 5.26 Å². The molecule has 2 rings (SSSR count). The van der Waals surface area contributed by atoms with E-state index in [2.05, 4.69) is 30.0 Å². The Labute approximate surface area is 119 Å². The first-order chi connectivity index (χ1) is 9.72. The average molecular weight is 272 g/mol. The Balaban J connectivity index is 1.89. The highest BCUT2D eigenvalue weighted by Gasteiger charge is 2.24. The molecular formula is C16H20N2O2. The smallest absolute Gasteiger partial charge is 0.0991 e. The summed E-state index contributed by atoms with van der Waals surface area (Å²) in [5, 5.41) is 17.9. The van der Waals surface area contributed by atoms with Crippen LogP contribution in [0, 0.1) is 11.3 Å². The molecule has 1 aliphatic heterocycles. The van der Waals surface area contributed by atoms with Gasteiger partial charge in [-0.3, -0.25) is 4.90 Å². The number of benzene rings is 1. The van der Waals surface area contributed by atoms with Gasteiger partial charge < -0.3 is 9.84 Å². The molecular weight excluding hydrogens is 252 g/mol. The zero-order valence-electron chi connectivity index (χ0n) is 11.7. The Kier molecular flexibility index (Phi) is 5.31. The average Bonchev–Trinajstić information content (AvgIpc) is 2.50. The largest absolute Gasteiger partial charge is 0.394 e. The van der Waals surface area contributed by atoms with Crippen LogP contribution in [0.1, 0.15) is 18.1 Å². The van der Waals surface area contributed by atoms with Gasteiger partial charge >= 0.3 is 0 Å². The van der Waals surface area contributed by atoms with Gasteiger partial charge in [0.2, 0.25) is 0 Å². The summed E-state index contributed by atoms with van der Waals surface area (Å²) < 4.78 is 5.51. The molecule has 1 aromatic rings. The van der Waals surface area contributed by atoms with Crippen LogP contribution in [0.25, 0.3) is 6.08 Å². The van der Waals surface area contributed by atoms with Crippen LogP contribution in [-0.2, 0) is 4.74 Å². The molecule has 4 nitrogen and oxygen atoms in total. The SMILES string of the molecule is CC1COC(CO)CN1C/C=C/c1ccc(C#N)cc1. The van der Waals surface area contributed by atoms with Crippen LogP contribution in [0.5, 0.6) is 0 Å². The maximum absolute atomic E-state index is 9.15. The topological polar surface area (TPSA) is 56.5 Å². The molecule has 0 aromatic heterocycles. The molecule has 0 spiro atoms. The van der Waals surface area contributed by atoms with Crippen LogP contribution in [0.3, 0.4) is 0 Å². The van der Waals surface area contributed by atoms with Gasteiger partial charge in [0, 0.05) is 19.1 Å². The second-order valence-corrected chi connectivity index (χ2v) is 5.08. The monoisotopic (exact) mass is 272 g/mol. The lowest BCUT2D eigenvalue weighted by molar-refractivity contribution is -0.0741. The second-order valence-electron chi connectivity index (χ2n) is 5.08. The van der Waals surface area contributed by atoms with Crippen LogP contribution in [0.15, 0.2) is 30.3 Å². The van der Waals surface area contributed by atoms with Gasteiger partial charge in [-0.15, -0.1) is 0 Å². The van der Waals surface area contributed by atoms with Gasteiger partial charge in [-0.25, -0.2) is 0 Å². The summed E-state index contributed by atoms with van der Waals surface area (Å²) in [5.74, 6) is 0. The molecule has 20 heavy (non-hydrogen) atoms. The summed E-state index contributed by atoms with van der Waals surface area (Å²) in [5.41, 5.74) is 1.76. The fraction of sp³-hybridized carbons (Fsp3) is 0.438. The van der Waals surface area contributed by atoms with Crippen LogP contribution >= 0.6 is 0 Å². The predicted molar refractivity (Wildman–Crippen MR) is 78.1 cm³/mol. The number of nitriles is 1. The Hall–Kier alpha value is -1.67. The van der Waals surface area contributed by atoms with E-state index in [1.807, 2.05) is 24.3 Å². The molecule has 1 heterocycles. The van der Waals surface area contributed by atoms with E-state index in [0.29, 0.717) is 18.2 Å². The van der Waals surface area contributed by atoms with Crippen molar-refractivity contribution in [2.45, 2.75) is 19.1 Å². The molecule has 1 N–H and O–H groups in total. The molecule has 1 aliphatic rings. The molecule has 106 valence electrons. The van der Waals surface area contributed by atoms with Gasteiger partial charge in [-0.1, -0.05) is 24.3 Å². The molecule has 0 bridgehead atoms. The number of ether oxygens (including phenoxy) is 1. The van der Waals surface area contributed by atoms with Crippen molar-refractivity contribution in [3.8, 4) is 6.07 Å². The number of rotatable bonds is 4. The summed E-state index contributed by atoms with van der Waals surface area (Å²) in [6.45, 7) is 4.46. The number of hydrogen-bond donors (Lipinski definition) is 1. The summed E-state index contributed by atoms with van der Waals surface area (Å²) in [4.78, 5) is 2.30. The van der Waals surface area contributed by atoms with Gasteiger partial charge in [0.05, 0.1) is 31.0 Å². The molecule has 4 heteroatoms. The minimum absolute atomic E-state index is 0.0720. The maximum atomic E-state index is 9.15. The molecule has 0 saturated carbocycles. The molecule has 1 fully saturated rings. The van der Waals surface area contributed by atoms with E-state index in [-0.39, 0.29) is 12.7 Å². The summed E-state index contributed by atoms with van der Waals surface area (Å²) in [7, 11) is 0. The molecule has 2 unspecified atom stereocenters. The van der Waals surface area contributed by atoms with E-state index >= 15 is 0 Å². The molecule has 0 aliphatic carbocycles. The fourth-order valence-corrected chi connectivity index (χ4v) is 2.23. The van der Waals surface area contributed by atoms with Gasteiger partial charge in [0.15, 0.2) is 0 Å². The number of hydrogen-bond acceptors (Lipinski definition) is 4. The zero-order chi connectivity index (χ0) is 14.4. The molecule has 1 aromatic carbocycles. The first kappa shape index (κ1) is 14.7. The number of aliphatic hydroxyl groups excluding tert-OH is 1. The predicted octanol–water partition coefficient (Wildman–Crippen LogP) is 1.65. The van der Waals surface area contributed by atoms with E-state index in [1.54, 1.807) is 0 Å². The molecule has 2 atom stereocenters. The van der Waals surface area contributed by atoms with E-state index in [9.17, 15) is 0 Å². The Bertz CT molecular complexity index is 490. The highest BCUT2D eigenvalue weighted by atomic mass is 16.5. The first-order valence-electron chi connectivity index (χ1n) is 6.86. The van der Waals surface area contributed by atoms with E-state index < -0.39 is 0 Å². The molecule has 0 amide bonds. The third-order valence-corrected chi connectivity index (χ3v) is 3.53. The molecule has 0 radical (unpaired) electrons. The van der Waals surface area contributed by atoms with Crippen LogP contribution in [0.4, 0.5) is 0 Å². The van der Waals surface area contributed by atoms with E-state index in [4.69, 9.17) is 15.1 Å². The van der Waals surface area contributed by atoms with Gasteiger partial charge in [-0.2, -0.15) is 5.26 Å². The number of morpholine rings is 1. The fourth-order valence-electron chi connectivity index (χ4n) is 2.23. The maximum Gasteiger partial charge on any atom is 0.0991 e. The lowest BCUT2D eigenvalue weighted by atomic mass is 10.1. The quantitative estimate of drug-likeness (QED) is 0.905. The van der Waals surface area contributed by atoms with Crippen LogP contribution < -0.4 is 0 Å². The van der Waals surface area contributed by atoms with E-state index in [0.717, 1.165) is 18.7 Å². The second kappa shape index (κ2) is 7.20. The van der Waals surface area contributed by atoms with Crippen molar-refractivity contribution >= 4 is 6.08 Å². The highest BCUT2D eigenvalue weighted by molar-refractivity contribution is 5.51. The van der Waals surface area contributed by atoms with Gasteiger partial charge in [-0.05, 0) is 24.6 Å². The Morgan fingerprint density at radius 2 is 2.20 bits per heavy atom. The highest BCUT2D eigenvalue weighted by Crippen LogP contribution is 2.12. The Morgan fingerprint density at radius 3 is 2.85 bits per heavy atom. The lowest BCUT2D eigenvalue weighted by Crippen LogP contribution is -2.49. The first-order valence-corrected chi connectivity index (χ1v) is 6.86. The van der Waals surface area contributed by atoms with Crippen molar-refractivity contribution in [1.82, 2.24) is 4.90 Å². The van der Waals surface area contributed by atoms with Crippen LogP contribution in [0.2, 0.25) is 0 Å². The van der Waals surface area contributed by atoms with Crippen molar-refractivity contribution in [2.75, 3.05) is 26.3 Å². The zero-order valence-corrected chi connectivity index (χ0v) is 11.7. The minimum atomic E-state index is -0.0745. The van der Waals surface area contributed by atoms with Crippen molar-refractivity contribution in [3.05, 3.63) is 41.5 Å². The van der Waals surface area contributed by atoms with Gasteiger partial charge in [0.1, 0.15) is 0 Å². The third-order valence-electron chi connectivity index (χ3n) is 3.53. The summed E-state index contributed by atoms with van der Waals surface area (Å²) in [6, 6.07) is 9.99. The van der Waals surface area contributed by atoms with Crippen LogP contribution in [-0.4, -0.2) is 48.5 Å². The number of aliphatic hydroxyl groups is 1. The number of nitrogens with zero attached hydrogens (tertiary/aromatic N) is 2. The van der Waals surface area contributed by atoms with Crippen molar-refractivity contribution in [3.63, 3.8) is 0 Å². The standard InChI is InChI=1S/C16H20N2O2/c1-13-12-20-16(11-19)10-18(13)8-2-3-14-4-6-15(9-17)7-5-14/h2-7,13,16,19H,8,10-12H2,1H3/b3-2+.